The van der Waals surface area contributed by atoms with Gasteiger partial charge in [0.2, 0.25) is 5.95 Å². The Balaban J connectivity index is 2.25. The van der Waals surface area contributed by atoms with Crippen molar-refractivity contribution in [3.63, 3.8) is 0 Å². The molecule has 0 radical (unpaired) electrons. The molecule has 1 heterocycles. The van der Waals surface area contributed by atoms with Crippen LogP contribution in [0.5, 0.6) is 0 Å². The molecule has 1 aromatic carbocycles. The molecule has 0 aliphatic rings. The normalized spacial score (nSPS) is 10.1. The Bertz CT molecular complexity index is 405. The Morgan fingerprint density at radius 1 is 1.14 bits per heavy atom. The van der Waals surface area contributed by atoms with Crippen LogP contribution in [0.1, 0.15) is 0 Å². The summed E-state index contributed by atoms with van der Waals surface area (Å²) in [5.41, 5.74) is 0.317. The van der Waals surface area contributed by atoms with Crippen LogP contribution in [-0.4, -0.2) is 9.97 Å². The number of rotatable bonds is 2. The molecular formula is C9H7F2N3. The molecule has 0 unspecified atom stereocenters. The van der Waals surface area contributed by atoms with Gasteiger partial charge in [0.05, 0.1) is 0 Å². The molecule has 0 fully saturated rings. The molecule has 5 heteroatoms. The standard InChI is InChI=1S/C9H7F2N3/c10-6-3-7(11)5-8(4-6)14-9-12-1-2-13-9/h1-5H,(H2,12,13,14). The van der Waals surface area contributed by atoms with E-state index in [1.165, 1.54) is 18.3 Å². The molecule has 0 saturated carbocycles. The summed E-state index contributed by atoms with van der Waals surface area (Å²) < 4.78 is 25.5. The van der Waals surface area contributed by atoms with Crippen LogP contribution in [0.4, 0.5) is 20.4 Å². The van der Waals surface area contributed by atoms with Crippen molar-refractivity contribution in [2.24, 2.45) is 0 Å². The fourth-order valence-corrected chi connectivity index (χ4v) is 1.10. The number of imidazole rings is 1. The lowest BCUT2D eigenvalue weighted by Crippen LogP contribution is -1.93. The Hall–Kier alpha value is -1.91. The molecule has 1 aromatic heterocycles. The van der Waals surface area contributed by atoms with E-state index in [0.717, 1.165) is 6.07 Å². The quantitative estimate of drug-likeness (QED) is 0.772. The summed E-state index contributed by atoms with van der Waals surface area (Å²) in [6, 6.07) is 3.19. The fraction of sp³-hybridized carbons (Fsp3) is 0. The van der Waals surface area contributed by atoms with E-state index in [1.807, 2.05) is 0 Å². The van der Waals surface area contributed by atoms with Crippen LogP contribution in [0.3, 0.4) is 0 Å². The highest BCUT2D eigenvalue weighted by atomic mass is 19.1. The van der Waals surface area contributed by atoms with Gasteiger partial charge in [-0.2, -0.15) is 0 Å². The smallest absolute Gasteiger partial charge is 0.204 e. The summed E-state index contributed by atoms with van der Waals surface area (Å²) in [6.45, 7) is 0. The second kappa shape index (κ2) is 3.45. The highest BCUT2D eigenvalue weighted by Gasteiger charge is 2.01. The predicted molar refractivity (Wildman–Crippen MR) is 48.2 cm³/mol. The van der Waals surface area contributed by atoms with Gasteiger partial charge in [0.1, 0.15) is 11.6 Å². The third-order valence-electron chi connectivity index (χ3n) is 1.62. The highest BCUT2D eigenvalue weighted by molar-refractivity contribution is 5.52. The first kappa shape index (κ1) is 8.68. The van der Waals surface area contributed by atoms with Gasteiger partial charge in [-0.3, -0.25) is 0 Å². The lowest BCUT2D eigenvalue weighted by molar-refractivity contribution is 0.584. The first-order valence-corrected chi connectivity index (χ1v) is 3.96. The van der Waals surface area contributed by atoms with E-state index in [9.17, 15) is 8.78 Å². The van der Waals surface area contributed by atoms with Crippen molar-refractivity contribution in [3.8, 4) is 0 Å². The predicted octanol–water partition coefficient (Wildman–Crippen LogP) is 2.43. The Labute approximate surface area is 78.8 Å². The second-order valence-corrected chi connectivity index (χ2v) is 2.72. The van der Waals surface area contributed by atoms with Gasteiger partial charge in [-0.1, -0.05) is 0 Å². The molecule has 0 bridgehead atoms. The summed E-state index contributed by atoms with van der Waals surface area (Å²) in [4.78, 5) is 6.62. The molecule has 2 aromatic rings. The van der Waals surface area contributed by atoms with Crippen molar-refractivity contribution in [2.75, 3.05) is 5.32 Å². The number of aromatic nitrogens is 2. The first-order chi connectivity index (χ1) is 6.74. The van der Waals surface area contributed by atoms with E-state index in [0.29, 0.717) is 11.6 Å². The number of benzene rings is 1. The number of nitrogens with zero attached hydrogens (tertiary/aromatic N) is 1. The molecule has 0 saturated heterocycles. The zero-order valence-electron chi connectivity index (χ0n) is 7.09. The summed E-state index contributed by atoms with van der Waals surface area (Å²) in [5, 5.41) is 2.72. The van der Waals surface area contributed by atoms with Gasteiger partial charge in [0.25, 0.3) is 0 Å². The number of halogens is 2. The topological polar surface area (TPSA) is 40.7 Å². The minimum atomic E-state index is -0.626. The van der Waals surface area contributed by atoms with Crippen molar-refractivity contribution < 1.29 is 8.78 Å². The van der Waals surface area contributed by atoms with E-state index in [4.69, 9.17) is 0 Å². The monoisotopic (exact) mass is 195 g/mol. The van der Waals surface area contributed by atoms with Crippen molar-refractivity contribution in [3.05, 3.63) is 42.2 Å². The minimum Gasteiger partial charge on any atom is -0.331 e. The van der Waals surface area contributed by atoms with E-state index in [-0.39, 0.29) is 0 Å². The van der Waals surface area contributed by atoms with Gasteiger partial charge >= 0.3 is 0 Å². The number of hydrogen-bond acceptors (Lipinski definition) is 2. The summed E-state index contributed by atoms with van der Waals surface area (Å²) in [5.74, 6) is -0.812. The van der Waals surface area contributed by atoms with Crippen LogP contribution in [0.2, 0.25) is 0 Å². The van der Waals surface area contributed by atoms with Crippen LogP contribution >= 0.6 is 0 Å². The number of anilines is 2. The maximum atomic E-state index is 12.7. The van der Waals surface area contributed by atoms with Crippen LogP contribution in [0.15, 0.2) is 30.6 Å². The van der Waals surface area contributed by atoms with Gasteiger partial charge in [0.15, 0.2) is 0 Å². The molecule has 0 spiro atoms. The van der Waals surface area contributed by atoms with E-state index >= 15 is 0 Å². The van der Waals surface area contributed by atoms with Crippen LogP contribution in [0, 0.1) is 11.6 Å². The molecule has 0 aliphatic carbocycles. The van der Waals surface area contributed by atoms with Crippen LogP contribution in [0.25, 0.3) is 0 Å². The van der Waals surface area contributed by atoms with E-state index < -0.39 is 11.6 Å². The molecule has 14 heavy (non-hydrogen) atoms. The number of aromatic amines is 1. The molecule has 0 amide bonds. The van der Waals surface area contributed by atoms with Gasteiger partial charge in [0, 0.05) is 24.1 Å². The third kappa shape index (κ3) is 1.87. The fourth-order valence-electron chi connectivity index (χ4n) is 1.10. The number of nitrogens with one attached hydrogen (secondary N) is 2. The lowest BCUT2D eigenvalue weighted by Gasteiger charge is -2.02. The second-order valence-electron chi connectivity index (χ2n) is 2.72. The number of H-pyrrole nitrogens is 1. The molecule has 2 N–H and O–H groups in total. The zero-order chi connectivity index (χ0) is 9.97. The van der Waals surface area contributed by atoms with Crippen LogP contribution < -0.4 is 5.32 Å². The maximum absolute atomic E-state index is 12.7. The maximum Gasteiger partial charge on any atom is 0.204 e. The minimum absolute atomic E-state index is 0.317. The lowest BCUT2D eigenvalue weighted by atomic mass is 10.3. The zero-order valence-corrected chi connectivity index (χ0v) is 7.09. The first-order valence-electron chi connectivity index (χ1n) is 3.96. The summed E-state index contributed by atoms with van der Waals surface area (Å²) in [7, 11) is 0. The molecule has 72 valence electrons. The van der Waals surface area contributed by atoms with Crippen molar-refractivity contribution in [1.29, 1.82) is 0 Å². The molecular weight excluding hydrogens is 188 g/mol. The largest absolute Gasteiger partial charge is 0.331 e. The van der Waals surface area contributed by atoms with E-state index in [1.54, 1.807) is 6.20 Å². The third-order valence-corrected chi connectivity index (χ3v) is 1.62. The molecule has 0 atom stereocenters. The molecule has 2 rings (SSSR count). The number of hydrogen-bond donors (Lipinski definition) is 2. The Morgan fingerprint density at radius 2 is 1.86 bits per heavy atom. The van der Waals surface area contributed by atoms with Crippen molar-refractivity contribution in [1.82, 2.24) is 9.97 Å². The van der Waals surface area contributed by atoms with Gasteiger partial charge in [-0.05, 0) is 12.1 Å². The average Bonchev–Trinajstić information content (AvgIpc) is 2.54. The SMILES string of the molecule is Fc1cc(F)cc(Nc2ncc[nH]2)c1. The summed E-state index contributed by atoms with van der Waals surface area (Å²) in [6.07, 6.45) is 3.15. The van der Waals surface area contributed by atoms with Gasteiger partial charge in [-0.15, -0.1) is 0 Å². The summed E-state index contributed by atoms with van der Waals surface area (Å²) >= 11 is 0. The van der Waals surface area contributed by atoms with Crippen molar-refractivity contribution in [2.45, 2.75) is 0 Å². The van der Waals surface area contributed by atoms with Gasteiger partial charge < -0.3 is 10.3 Å². The average molecular weight is 195 g/mol. The van der Waals surface area contributed by atoms with Crippen LogP contribution in [-0.2, 0) is 0 Å². The van der Waals surface area contributed by atoms with E-state index in [2.05, 4.69) is 15.3 Å². The van der Waals surface area contributed by atoms with Gasteiger partial charge in [-0.25, -0.2) is 13.8 Å². The highest BCUT2D eigenvalue weighted by Crippen LogP contribution is 2.15. The molecule has 0 aliphatic heterocycles. The Kier molecular flexibility index (Phi) is 2.14. The molecule has 3 nitrogen and oxygen atoms in total. The Morgan fingerprint density at radius 3 is 2.43 bits per heavy atom. The van der Waals surface area contributed by atoms with Crippen molar-refractivity contribution >= 4 is 11.6 Å².